The molecule has 1 heterocycles. The monoisotopic (exact) mass is 255 g/mol. The van der Waals surface area contributed by atoms with E-state index in [4.69, 9.17) is 0 Å². The Morgan fingerprint density at radius 2 is 1.89 bits per heavy atom. The average Bonchev–Trinajstić information content (AvgIpc) is 2.47. The summed E-state index contributed by atoms with van der Waals surface area (Å²) >= 11 is 0. The molecular weight excluding hydrogens is 238 g/mol. The Hall–Kier alpha value is -2.36. The van der Waals surface area contributed by atoms with Crippen molar-refractivity contribution in [3.63, 3.8) is 0 Å². The third-order valence-corrected chi connectivity index (χ3v) is 2.82. The number of aromatic nitrogens is 1. The highest BCUT2D eigenvalue weighted by atomic mass is 16.2. The molecule has 4 heteroatoms. The first kappa shape index (κ1) is 13.1. The molecule has 0 radical (unpaired) electrons. The second-order valence-electron chi connectivity index (χ2n) is 4.18. The summed E-state index contributed by atoms with van der Waals surface area (Å²) in [5.74, 6) is 0.544. The number of benzene rings is 1. The zero-order valence-electron chi connectivity index (χ0n) is 10.8. The summed E-state index contributed by atoms with van der Waals surface area (Å²) in [7, 11) is 0. The van der Waals surface area contributed by atoms with Gasteiger partial charge in [0.1, 0.15) is 5.82 Å². The van der Waals surface area contributed by atoms with Gasteiger partial charge in [-0.3, -0.25) is 5.32 Å². The van der Waals surface area contributed by atoms with Gasteiger partial charge in [0, 0.05) is 6.20 Å². The maximum atomic E-state index is 11.9. The lowest BCUT2D eigenvalue weighted by atomic mass is 10.1. The van der Waals surface area contributed by atoms with Crippen molar-refractivity contribution in [2.45, 2.75) is 19.4 Å². The second kappa shape index (κ2) is 6.54. The van der Waals surface area contributed by atoms with Crippen LogP contribution in [0.2, 0.25) is 0 Å². The molecule has 2 amide bonds. The number of rotatable bonds is 4. The van der Waals surface area contributed by atoms with Crippen LogP contribution in [0, 0.1) is 0 Å². The number of urea groups is 1. The minimum atomic E-state index is -0.241. The fourth-order valence-electron chi connectivity index (χ4n) is 1.85. The number of hydrogen-bond acceptors (Lipinski definition) is 2. The molecule has 2 aromatic rings. The molecule has 0 aliphatic carbocycles. The zero-order valence-corrected chi connectivity index (χ0v) is 10.8. The molecule has 1 atom stereocenters. The Morgan fingerprint density at radius 1 is 1.16 bits per heavy atom. The lowest BCUT2D eigenvalue weighted by Gasteiger charge is -2.17. The van der Waals surface area contributed by atoms with E-state index in [1.54, 1.807) is 12.3 Å². The predicted molar refractivity (Wildman–Crippen MR) is 75.9 cm³/mol. The van der Waals surface area contributed by atoms with E-state index >= 15 is 0 Å². The molecular formula is C15H17N3O. The molecule has 1 aromatic heterocycles. The molecule has 2 rings (SSSR count). The molecule has 0 saturated carbocycles. The Morgan fingerprint density at radius 3 is 2.53 bits per heavy atom. The Balaban J connectivity index is 1.97. The van der Waals surface area contributed by atoms with Crippen molar-refractivity contribution in [2.75, 3.05) is 5.32 Å². The zero-order chi connectivity index (χ0) is 13.5. The topological polar surface area (TPSA) is 54.0 Å². The Kier molecular flexibility index (Phi) is 4.50. The molecule has 98 valence electrons. The van der Waals surface area contributed by atoms with Gasteiger partial charge in [0.05, 0.1) is 6.04 Å². The summed E-state index contributed by atoms with van der Waals surface area (Å²) in [5.41, 5.74) is 1.10. The molecule has 0 spiro atoms. The third-order valence-electron chi connectivity index (χ3n) is 2.82. The van der Waals surface area contributed by atoms with Crippen LogP contribution in [0.25, 0.3) is 0 Å². The van der Waals surface area contributed by atoms with Crippen LogP contribution in [0.1, 0.15) is 24.9 Å². The summed E-state index contributed by atoms with van der Waals surface area (Å²) in [6, 6.07) is 15.1. The van der Waals surface area contributed by atoms with Crippen molar-refractivity contribution >= 4 is 11.8 Å². The van der Waals surface area contributed by atoms with Gasteiger partial charge in [0.15, 0.2) is 0 Å². The molecule has 4 nitrogen and oxygen atoms in total. The number of carbonyl (C=O) groups excluding carboxylic acids is 1. The highest BCUT2D eigenvalue weighted by Crippen LogP contribution is 2.15. The number of carbonyl (C=O) groups is 1. The van der Waals surface area contributed by atoms with Gasteiger partial charge >= 0.3 is 6.03 Å². The standard InChI is InChI=1S/C15H17N3O/c1-2-13(12-8-4-3-5-9-12)17-15(19)18-14-10-6-7-11-16-14/h3-11,13H,2H2,1H3,(H2,16,17,18,19)/t13-/m1/s1. The van der Waals surface area contributed by atoms with E-state index in [2.05, 4.69) is 15.6 Å². The number of hydrogen-bond donors (Lipinski definition) is 2. The molecule has 0 aliphatic rings. The lowest BCUT2D eigenvalue weighted by molar-refractivity contribution is 0.248. The minimum absolute atomic E-state index is 0.00455. The molecule has 0 fully saturated rings. The van der Waals surface area contributed by atoms with Crippen LogP contribution >= 0.6 is 0 Å². The molecule has 0 bridgehead atoms. The second-order valence-corrected chi connectivity index (χ2v) is 4.18. The first-order valence-corrected chi connectivity index (χ1v) is 6.33. The number of pyridine rings is 1. The van der Waals surface area contributed by atoms with E-state index in [1.165, 1.54) is 0 Å². The maximum absolute atomic E-state index is 11.9. The Bertz CT molecular complexity index is 513. The first-order chi connectivity index (χ1) is 9.29. The van der Waals surface area contributed by atoms with Gasteiger partial charge in [-0.25, -0.2) is 9.78 Å². The van der Waals surface area contributed by atoms with Crippen LogP contribution in [-0.4, -0.2) is 11.0 Å². The van der Waals surface area contributed by atoms with E-state index < -0.39 is 0 Å². The van der Waals surface area contributed by atoms with Gasteiger partial charge in [-0.2, -0.15) is 0 Å². The van der Waals surface area contributed by atoms with Crippen molar-refractivity contribution < 1.29 is 4.79 Å². The molecule has 0 saturated heterocycles. The SMILES string of the molecule is CC[C@@H](NC(=O)Nc1ccccn1)c1ccccc1. The van der Waals surface area contributed by atoms with E-state index in [-0.39, 0.29) is 12.1 Å². The Labute approximate surface area is 112 Å². The van der Waals surface area contributed by atoms with Crippen LogP contribution in [0.5, 0.6) is 0 Å². The summed E-state index contributed by atoms with van der Waals surface area (Å²) < 4.78 is 0. The predicted octanol–water partition coefficient (Wildman–Crippen LogP) is 3.35. The lowest BCUT2D eigenvalue weighted by Crippen LogP contribution is -2.32. The van der Waals surface area contributed by atoms with E-state index in [0.29, 0.717) is 5.82 Å². The summed E-state index contributed by atoms with van der Waals surface area (Å²) in [4.78, 5) is 15.9. The van der Waals surface area contributed by atoms with Crippen LogP contribution in [0.15, 0.2) is 54.7 Å². The average molecular weight is 255 g/mol. The quantitative estimate of drug-likeness (QED) is 0.880. The van der Waals surface area contributed by atoms with Crippen molar-refractivity contribution in [3.05, 3.63) is 60.3 Å². The fraction of sp³-hybridized carbons (Fsp3) is 0.200. The number of anilines is 1. The number of nitrogens with one attached hydrogen (secondary N) is 2. The smallest absolute Gasteiger partial charge is 0.320 e. The number of nitrogens with zero attached hydrogens (tertiary/aromatic N) is 1. The van der Waals surface area contributed by atoms with Crippen molar-refractivity contribution in [1.82, 2.24) is 10.3 Å². The van der Waals surface area contributed by atoms with Crippen molar-refractivity contribution in [3.8, 4) is 0 Å². The third kappa shape index (κ3) is 3.81. The van der Waals surface area contributed by atoms with Gasteiger partial charge in [-0.05, 0) is 24.1 Å². The van der Waals surface area contributed by atoms with Gasteiger partial charge in [0.25, 0.3) is 0 Å². The van der Waals surface area contributed by atoms with Crippen LogP contribution in [0.4, 0.5) is 10.6 Å². The fourth-order valence-corrected chi connectivity index (χ4v) is 1.85. The normalized spacial score (nSPS) is 11.6. The van der Waals surface area contributed by atoms with E-state index in [0.717, 1.165) is 12.0 Å². The maximum Gasteiger partial charge on any atom is 0.320 e. The minimum Gasteiger partial charge on any atom is -0.331 e. The molecule has 0 aliphatic heterocycles. The van der Waals surface area contributed by atoms with E-state index in [9.17, 15) is 4.79 Å². The van der Waals surface area contributed by atoms with Crippen molar-refractivity contribution in [2.24, 2.45) is 0 Å². The van der Waals surface area contributed by atoms with Crippen LogP contribution < -0.4 is 10.6 Å². The van der Waals surface area contributed by atoms with Gasteiger partial charge in [-0.1, -0.05) is 43.3 Å². The van der Waals surface area contributed by atoms with Gasteiger partial charge in [0.2, 0.25) is 0 Å². The van der Waals surface area contributed by atoms with Crippen LogP contribution in [-0.2, 0) is 0 Å². The highest BCUT2D eigenvalue weighted by Gasteiger charge is 2.12. The largest absolute Gasteiger partial charge is 0.331 e. The van der Waals surface area contributed by atoms with Gasteiger partial charge < -0.3 is 5.32 Å². The molecule has 0 unspecified atom stereocenters. The summed E-state index contributed by atoms with van der Waals surface area (Å²) in [6.45, 7) is 2.04. The highest BCUT2D eigenvalue weighted by molar-refractivity contribution is 5.88. The summed E-state index contributed by atoms with van der Waals surface area (Å²) in [5, 5.41) is 5.66. The number of amides is 2. The van der Waals surface area contributed by atoms with Crippen molar-refractivity contribution in [1.29, 1.82) is 0 Å². The van der Waals surface area contributed by atoms with E-state index in [1.807, 2.05) is 49.4 Å². The van der Waals surface area contributed by atoms with Gasteiger partial charge in [-0.15, -0.1) is 0 Å². The molecule has 19 heavy (non-hydrogen) atoms. The molecule has 2 N–H and O–H groups in total. The molecule has 1 aromatic carbocycles. The summed E-state index contributed by atoms with van der Waals surface area (Å²) in [6.07, 6.45) is 2.48. The van der Waals surface area contributed by atoms with Crippen LogP contribution in [0.3, 0.4) is 0 Å². The first-order valence-electron chi connectivity index (χ1n) is 6.33.